The van der Waals surface area contributed by atoms with Crippen LogP contribution < -0.4 is 21.3 Å². The zero-order chi connectivity index (χ0) is 25.2. The predicted molar refractivity (Wildman–Crippen MR) is 146 cm³/mol. The Balaban J connectivity index is 1.18. The topological polar surface area (TPSA) is 125 Å². The molecule has 9 heteroatoms. The van der Waals surface area contributed by atoms with Gasteiger partial charge in [-0.15, -0.1) is 0 Å². The molecule has 1 fully saturated rings. The van der Waals surface area contributed by atoms with Crippen LogP contribution in [0.3, 0.4) is 0 Å². The fourth-order valence-corrected chi connectivity index (χ4v) is 5.34. The van der Waals surface area contributed by atoms with E-state index < -0.39 is 0 Å². The summed E-state index contributed by atoms with van der Waals surface area (Å²) in [4.78, 5) is 32.0. The maximum atomic E-state index is 12.5. The van der Waals surface area contributed by atoms with Crippen molar-refractivity contribution in [3.63, 3.8) is 0 Å². The van der Waals surface area contributed by atoms with E-state index in [0.717, 1.165) is 79.0 Å². The van der Waals surface area contributed by atoms with Crippen molar-refractivity contribution in [2.24, 2.45) is 5.73 Å². The number of aromatic nitrogens is 4. The largest absolute Gasteiger partial charge is 0.351 e. The number of aromatic amines is 1. The Morgan fingerprint density at radius 3 is 2.76 bits per heavy atom. The van der Waals surface area contributed by atoms with Crippen LogP contribution in [0.25, 0.3) is 11.2 Å². The van der Waals surface area contributed by atoms with E-state index in [0.29, 0.717) is 24.5 Å². The molecule has 1 aliphatic heterocycles. The normalized spacial score (nSPS) is 19.1. The fraction of sp³-hybridized carbons (Fsp3) is 0.357. The Bertz CT molecular complexity index is 1390. The molecule has 1 aliphatic carbocycles. The van der Waals surface area contributed by atoms with E-state index in [2.05, 4.69) is 42.6 Å². The molecular weight excluding hydrogens is 464 g/mol. The number of benzene rings is 2. The molecule has 1 amide bonds. The van der Waals surface area contributed by atoms with E-state index in [9.17, 15) is 4.79 Å². The van der Waals surface area contributed by atoms with Gasteiger partial charge in [-0.25, -0.2) is 4.98 Å². The summed E-state index contributed by atoms with van der Waals surface area (Å²) in [7, 11) is 0. The van der Waals surface area contributed by atoms with E-state index in [1.807, 2.05) is 36.4 Å². The lowest BCUT2D eigenvalue weighted by molar-refractivity contribution is -0.116. The van der Waals surface area contributed by atoms with Gasteiger partial charge in [-0.1, -0.05) is 30.3 Å². The Morgan fingerprint density at radius 1 is 1.08 bits per heavy atom. The number of aryl methyl sites for hydroxylation is 1. The van der Waals surface area contributed by atoms with Gasteiger partial charge < -0.3 is 26.3 Å². The molecule has 190 valence electrons. The third-order valence-electron chi connectivity index (χ3n) is 7.36. The van der Waals surface area contributed by atoms with Gasteiger partial charge in [-0.3, -0.25) is 4.79 Å². The van der Waals surface area contributed by atoms with E-state index in [4.69, 9.17) is 10.7 Å². The second kappa shape index (κ2) is 10.2. The number of hydrogen-bond donors (Lipinski definition) is 4. The van der Waals surface area contributed by atoms with Crippen LogP contribution in [0.4, 0.5) is 23.1 Å². The molecule has 2 aromatic carbocycles. The predicted octanol–water partition coefficient (Wildman–Crippen LogP) is 4.30. The summed E-state index contributed by atoms with van der Waals surface area (Å²) in [6.45, 7) is 0.789. The molecule has 3 heterocycles. The molecule has 37 heavy (non-hydrogen) atoms. The Kier molecular flexibility index (Phi) is 6.44. The van der Waals surface area contributed by atoms with E-state index in [1.54, 1.807) is 6.33 Å². The third-order valence-corrected chi connectivity index (χ3v) is 7.36. The lowest BCUT2D eigenvalue weighted by Gasteiger charge is -2.27. The van der Waals surface area contributed by atoms with E-state index in [-0.39, 0.29) is 5.91 Å². The molecule has 1 saturated carbocycles. The maximum Gasteiger partial charge on any atom is 0.227 e. The summed E-state index contributed by atoms with van der Waals surface area (Å²) in [5.74, 6) is 1.43. The SMILES string of the molecule is N[C@H]1CC[C@H](Nc2nc(N3CCc4cc(NC(=O)CCc5ccccc5)ccc43)c3nc[nH]c3n2)CC1. The highest BCUT2D eigenvalue weighted by atomic mass is 16.1. The van der Waals surface area contributed by atoms with Crippen LogP contribution in [-0.2, 0) is 17.6 Å². The van der Waals surface area contributed by atoms with Crippen molar-refractivity contribution in [2.75, 3.05) is 22.1 Å². The molecule has 0 unspecified atom stereocenters. The fourth-order valence-electron chi connectivity index (χ4n) is 5.34. The van der Waals surface area contributed by atoms with Crippen molar-refractivity contribution in [1.29, 1.82) is 0 Å². The number of carbonyl (C=O) groups is 1. The van der Waals surface area contributed by atoms with Gasteiger partial charge in [-0.05, 0) is 67.9 Å². The number of nitrogens with two attached hydrogens (primary N) is 1. The lowest BCUT2D eigenvalue weighted by atomic mass is 9.92. The highest BCUT2D eigenvalue weighted by molar-refractivity contribution is 5.92. The van der Waals surface area contributed by atoms with Crippen molar-refractivity contribution in [3.8, 4) is 0 Å². The summed E-state index contributed by atoms with van der Waals surface area (Å²) in [6, 6.07) is 16.8. The Labute approximate surface area is 215 Å². The average Bonchev–Trinajstić information content (AvgIpc) is 3.56. The first-order valence-electron chi connectivity index (χ1n) is 13.1. The van der Waals surface area contributed by atoms with Gasteiger partial charge in [-0.2, -0.15) is 9.97 Å². The molecule has 0 radical (unpaired) electrons. The molecule has 2 aromatic heterocycles. The minimum atomic E-state index is 0.0204. The van der Waals surface area contributed by atoms with Crippen LogP contribution >= 0.6 is 0 Å². The minimum absolute atomic E-state index is 0.0204. The standard InChI is InChI=1S/C28H32N8O/c29-20-7-9-21(10-8-20)33-28-34-26-25(30-17-31-26)27(35-28)36-15-14-19-16-22(11-12-23(19)36)32-24(37)13-6-18-4-2-1-3-5-18/h1-5,11-12,16-17,20-21H,6-10,13-15,29H2,(H,32,37)(H2,30,31,33,34,35)/t20-,21-. The van der Waals surface area contributed by atoms with E-state index >= 15 is 0 Å². The monoisotopic (exact) mass is 496 g/mol. The maximum absolute atomic E-state index is 12.5. The lowest BCUT2D eigenvalue weighted by Crippen LogP contribution is -2.33. The van der Waals surface area contributed by atoms with Crippen LogP contribution in [0, 0.1) is 0 Å². The van der Waals surface area contributed by atoms with Crippen molar-refractivity contribution >= 4 is 40.2 Å². The van der Waals surface area contributed by atoms with Gasteiger partial charge in [0.2, 0.25) is 11.9 Å². The van der Waals surface area contributed by atoms with Crippen LogP contribution in [0.1, 0.15) is 43.2 Å². The first kappa shape index (κ1) is 23.4. The average molecular weight is 497 g/mol. The molecule has 2 aliphatic rings. The summed E-state index contributed by atoms with van der Waals surface area (Å²) < 4.78 is 0. The molecule has 5 N–H and O–H groups in total. The summed E-state index contributed by atoms with van der Waals surface area (Å²) >= 11 is 0. The minimum Gasteiger partial charge on any atom is -0.351 e. The van der Waals surface area contributed by atoms with Crippen LogP contribution in [0.15, 0.2) is 54.9 Å². The van der Waals surface area contributed by atoms with Crippen molar-refractivity contribution in [3.05, 3.63) is 66.0 Å². The zero-order valence-electron chi connectivity index (χ0n) is 20.8. The van der Waals surface area contributed by atoms with E-state index in [1.165, 1.54) is 5.56 Å². The number of nitrogens with zero attached hydrogens (tertiary/aromatic N) is 4. The quantitative estimate of drug-likeness (QED) is 0.301. The number of anilines is 4. The van der Waals surface area contributed by atoms with Crippen molar-refractivity contribution < 1.29 is 4.79 Å². The molecule has 0 saturated heterocycles. The first-order chi connectivity index (χ1) is 18.1. The van der Waals surface area contributed by atoms with Crippen molar-refractivity contribution in [2.45, 2.75) is 57.0 Å². The Morgan fingerprint density at radius 2 is 1.92 bits per heavy atom. The van der Waals surface area contributed by atoms with Crippen LogP contribution in [0.2, 0.25) is 0 Å². The first-order valence-corrected chi connectivity index (χ1v) is 13.1. The summed E-state index contributed by atoms with van der Waals surface area (Å²) in [5, 5.41) is 6.59. The smallest absolute Gasteiger partial charge is 0.227 e. The highest BCUT2D eigenvalue weighted by Gasteiger charge is 2.26. The highest BCUT2D eigenvalue weighted by Crippen LogP contribution is 2.38. The Hall–Kier alpha value is -3.98. The molecule has 0 atom stereocenters. The zero-order valence-corrected chi connectivity index (χ0v) is 20.8. The van der Waals surface area contributed by atoms with Gasteiger partial charge in [0, 0.05) is 36.4 Å². The molecule has 0 spiro atoms. The number of imidazole rings is 1. The van der Waals surface area contributed by atoms with Crippen LogP contribution in [0.5, 0.6) is 0 Å². The van der Waals surface area contributed by atoms with Gasteiger partial charge in [0.05, 0.1) is 6.33 Å². The number of H-pyrrole nitrogens is 1. The molecule has 9 nitrogen and oxygen atoms in total. The molecule has 6 rings (SSSR count). The molecular formula is C28H32N8O. The number of rotatable bonds is 7. The number of nitrogens with one attached hydrogen (secondary N) is 3. The summed E-state index contributed by atoms with van der Waals surface area (Å²) in [5.41, 5.74) is 11.8. The number of carbonyl (C=O) groups excluding carboxylic acids is 1. The molecule has 0 bridgehead atoms. The third kappa shape index (κ3) is 5.13. The van der Waals surface area contributed by atoms with Crippen molar-refractivity contribution in [1.82, 2.24) is 19.9 Å². The second-order valence-electron chi connectivity index (χ2n) is 10.0. The number of hydrogen-bond acceptors (Lipinski definition) is 7. The second-order valence-corrected chi connectivity index (χ2v) is 10.0. The number of fused-ring (bicyclic) bond motifs is 2. The van der Waals surface area contributed by atoms with Gasteiger partial charge in [0.15, 0.2) is 17.0 Å². The van der Waals surface area contributed by atoms with Crippen LogP contribution in [-0.4, -0.2) is 44.5 Å². The summed E-state index contributed by atoms with van der Waals surface area (Å²) in [6.07, 6.45) is 7.78. The molecule has 4 aromatic rings. The van der Waals surface area contributed by atoms with Gasteiger partial charge in [0.1, 0.15) is 0 Å². The van der Waals surface area contributed by atoms with Gasteiger partial charge >= 0.3 is 0 Å². The van der Waals surface area contributed by atoms with Gasteiger partial charge in [0.25, 0.3) is 0 Å². The number of amides is 1.